The molecular formula is C23H22Cl2N4O3. The molecule has 0 radical (unpaired) electrons. The van der Waals surface area contributed by atoms with Crippen molar-refractivity contribution in [2.24, 2.45) is 0 Å². The van der Waals surface area contributed by atoms with Crippen LogP contribution in [-0.2, 0) is 27.3 Å². The molecule has 166 valence electrons. The number of piperazine rings is 1. The number of halogens is 2. The van der Waals surface area contributed by atoms with Crippen molar-refractivity contribution >= 4 is 40.9 Å². The van der Waals surface area contributed by atoms with Gasteiger partial charge in [-0.1, -0.05) is 35.2 Å². The Balaban J connectivity index is 1.77. The molecule has 1 aromatic heterocycles. The molecule has 3 rings (SSSR count). The van der Waals surface area contributed by atoms with Crippen LogP contribution in [0.5, 0.6) is 0 Å². The van der Waals surface area contributed by atoms with Gasteiger partial charge in [-0.05, 0) is 41.8 Å². The number of amides is 3. The number of hydrogen-bond acceptors (Lipinski definition) is 4. The molecule has 3 amide bonds. The zero-order chi connectivity index (χ0) is 23.1. The second kappa shape index (κ2) is 11.0. The van der Waals surface area contributed by atoms with Gasteiger partial charge in [0.2, 0.25) is 17.7 Å². The van der Waals surface area contributed by atoms with E-state index in [4.69, 9.17) is 29.6 Å². The van der Waals surface area contributed by atoms with Crippen molar-refractivity contribution < 1.29 is 14.4 Å². The van der Waals surface area contributed by atoms with E-state index in [9.17, 15) is 14.4 Å². The number of carbonyl (C=O) groups excluding carboxylic acids is 3. The predicted octanol–water partition coefficient (Wildman–Crippen LogP) is 2.31. The lowest BCUT2D eigenvalue weighted by Crippen LogP contribution is -2.60. The highest BCUT2D eigenvalue weighted by Gasteiger charge is 2.40. The summed E-state index contributed by atoms with van der Waals surface area (Å²) in [6.45, 7) is 0.475. The van der Waals surface area contributed by atoms with Crippen LogP contribution in [0.15, 0.2) is 42.7 Å². The Morgan fingerprint density at radius 3 is 2.66 bits per heavy atom. The van der Waals surface area contributed by atoms with E-state index in [2.05, 4.69) is 16.2 Å². The van der Waals surface area contributed by atoms with Gasteiger partial charge in [0.25, 0.3) is 0 Å². The van der Waals surface area contributed by atoms with Crippen LogP contribution in [0, 0.1) is 12.3 Å². The van der Waals surface area contributed by atoms with Gasteiger partial charge in [-0.3, -0.25) is 19.4 Å². The summed E-state index contributed by atoms with van der Waals surface area (Å²) in [5.41, 5.74) is 1.63. The zero-order valence-corrected chi connectivity index (χ0v) is 18.8. The van der Waals surface area contributed by atoms with Crippen molar-refractivity contribution in [3.05, 3.63) is 63.9 Å². The fraction of sp³-hybridized carbons (Fsp3) is 0.304. The van der Waals surface area contributed by atoms with Crippen LogP contribution < -0.4 is 5.32 Å². The van der Waals surface area contributed by atoms with Crippen molar-refractivity contribution in [1.82, 2.24) is 20.1 Å². The summed E-state index contributed by atoms with van der Waals surface area (Å²) in [6, 6.07) is 7.76. The van der Waals surface area contributed by atoms with Crippen LogP contribution in [0.1, 0.15) is 17.5 Å². The van der Waals surface area contributed by atoms with Gasteiger partial charge in [0.1, 0.15) is 6.04 Å². The Labute approximate surface area is 196 Å². The Morgan fingerprint density at radius 1 is 1.22 bits per heavy atom. The lowest BCUT2D eigenvalue weighted by molar-refractivity contribution is -0.157. The van der Waals surface area contributed by atoms with Gasteiger partial charge < -0.3 is 15.1 Å². The molecule has 0 saturated carbocycles. The largest absolute Gasteiger partial charge is 0.345 e. The standard InChI is InChI=1S/C23H22Cl2N4O3/c1-2-8-27-21(30)13-20-23(32)28(11-7-17-3-4-18(24)12-19(17)25)15-22(31)29(20)14-16-5-9-26-10-6-16/h1,3-6,9-10,12,20H,7-8,11,13-15H2,(H,27,30). The minimum Gasteiger partial charge on any atom is -0.345 e. The molecule has 1 unspecified atom stereocenters. The fourth-order valence-corrected chi connectivity index (χ4v) is 4.00. The number of aromatic nitrogens is 1. The van der Waals surface area contributed by atoms with E-state index in [0.29, 0.717) is 16.5 Å². The first-order valence-corrected chi connectivity index (χ1v) is 10.8. The summed E-state index contributed by atoms with van der Waals surface area (Å²) < 4.78 is 0. The number of benzene rings is 1. The van der Waals surface area contributed by atoms with Crippen molar-refractivity contribution in [1.29, 1.82) is 0 Å². The smallest absolute Gasteiger partial charge is 0.246 e. The summed E-state index contributed by atoms with van der Waals surface area (Å²) in [5.74, 6) is 1.40. The van der Waals surface area contributed by atoms with Crippen molar-refractivity contribution in [3.63, 3.8) is 0 Å². The second-order valence-corrected chi connectivity index (χ2v) is 8.17. The number of hydrogen-bond donors (Lipinski definition) is 1. The number of rotatable bonds is 8. The molecule has 2 heterocycles. The van der Waals surface area contributed by atoms with E-state index in [-0.39, 0.29) is 44.4 Å². The Morgan fingerprint density at radius 2 is 1.97 bits per heavy atom. The van der Waals surface area contributed by atoms with Crippen LogP contribution in [0.4, 0.5) is 0 Å². The SMILES string of the molecule is C#CCNC(=O)CC1C(=O)N(CCc2ccc(Cl)cc2Cl)CC(=O)N1Cc1ccncc1. The molecule has 32 heavy (non-hydrogen) atoms. The molecule has 1 aromatic carbocycles. The first-order chi connectivity index (χ1) is 15.4. The molecule has 2 aromatic rings. The molecule has 1 saturated heterocycles. The van der Waals surface area contributed by atoms with Crippen LogP contribution in [-0.4, -0.2) is 58.2 Å². The van der Waals surface area contributed by atoms with Gasteiger partial charge in [0.15, 0.2) is 0 Å². The maximum atomic E-state index is 13.3. The van der Waals surface area contributed by atoms with Gasteiger partial charge in [-0.25, -0.2) is 0 Å². The lowest BCUT2D eigenvalue weighted by atomic mass is 10.0. The van der Waals surface area contributed by atoms with Crippen LogP contribution in [0.3, 0.4) is 0 Å². The number of pyridine rings is 1. The van der Waals surface area contributed by atoms with E-state index in [0.717, 1.165) is 11.1 Å². The summed E-state index contributed by atoms with van der Waals surface area (Å²) >= 11 is 12.2. The zero-order valence-electron chi connectivity index (χ0n) is 17.3. The van der Waals surface area contributed by atoms with Crippen molar-refractivity contribution in [2.75, 3.05) is 19.6 Å². The molecular weight excluding hydrogens is 451 g/mol. The van der Waals surface area contributed by atoms with E-state index in [1.54, 1.807) is 42.7 Å². The van der Waals surface area contributed by atoms with Crippen molar-refractivity contribution in [2.45, 2.75) is 25.4 Å². The maximum Gasteiger partial charge on any atom is 0.246 e. The van der Waals surface area contributed by atoms with Gasteiger partial charge in [-0.2, -0.15) is 0 Å². The van der Waals surface area contributed by atoms with Gasteiger partial charge >= 0.3 is 0 Å². The van der Waals surface area contributed by atoms with Gasteiger partial charge in [-0.15, -0.1) is 6.42 Å². The Bertz CT molecular complexity index is 1040. The number of nitrogens with zero attached hydrogens (tertiary/aromatic N) is 3. The fourth-order valence-electron chi connectivity index (χ4n) is 3.50. The Kier molecular flexibility index (Phi) is 8.09. The van der Waals surface area contributed by atoms with Crippen LogP contribution in [0.2, 0.25) is 10.0 Å². The average Bonchev–Trinajstić information content (AvgIpc) is 2.77. The second-order valence-electron chi connectivity index (χ2n) is 7.32. The highest BCUT2D eigenvalue weighted by molar-refractivity contribution is 6.35. The van der Waals surface area contributed by atoms with E-state index in [1.165, 1.54) is 9.80 Å². The molecule has 0 aliphatic carbocycles. The molecule has 1 aliphatic rings. The van der Waals surface area contributed by atoms with Crippen LogP contribution in [0.25, 0.3) is 0 Å². The third kappa shape index (κ3) is 6.00. The first kappa shape index (κ1) is 23.6. The molecule has 1 aliphatic heterocycles. The normalized spacial score (nSPS) is 16.1. The highest BCUT2D eigenvalue weighted by Crippen LogP contribution is 2.23. The third-order valence-corrected chi connectivity index (χ3v) is 5.74. The molecule has 1 fully saturated rings. The van der Waals surface area contributed by atoms with E-state index >= 15 is 0 Å². The lowest BCUT2D eigenvalue weighted by Gasteiger charge is -2.40. The molecule has 9 heteroatoms. The number of terminal acetylenes is 1. The summed E-state index contributed by atoms with van der Waals surface area (Å²) in [5, 5.41) is 3.58. The molecule has 0 bridgehead atoms. The first-order valence-electron chi connectivity index (χ1n) is 10.00. The Hall–Kier alpha value is -3.08. The molecule has 1 N–H and O–H groups in total. The predicted molar refractivity (Wildman–Crippen MR) is 122 cm³/mol. The minimum atomic E-state index is -0.928. The van der Waals surface area contributed by atoms with E-state index in [1.807, 2.05) is 0 Å². The van der Waals surface area contributed by atoms with E-state index < -0.39 is 11.9 Å². The number of carbonyl (C=O) groups is 3. The molecule has 1 atom stereocenters. The average molecular weight is 473 g/mol. The highest BCUT2D eigenvalue weighted by atomic mass is 35.5. The molecule has 7 nitrogen and oxygen atoms in total. The monoisotopic (exact) mass is 472 g/mol. The quantitative estimate of drug-likeness (QED) is 0.597. The summed E-state index contributed by atoms with van der Waals surface area (Å²) in [7, 11) is 0. The van der Waals surface area contributed by atoms with Crippen LogP contribution >= 0.6 is 23.2 Å². The summed E-state index contributed by atoms with van der Waals surface area (Å²) in [6.07, 6.45) is 8.71. The minimum absolute atomic E-state index is 0.0524. The van der Waals surface area contributed by atoms with Gasteiger partial charge in [0, 0.05) is 35.5 Å². The topological polar surface area (TPSA) is 82.6 Å². The molecule has 0 spiro atoms. The summed E-state index contributed by atoms with van der Waals surface area (Å²) in [4.78, 5) is 45.5. The number of nitrogens with one attached hydrogen (secondary N) is 1. The van der Waals surface area contributed by atoms with Crippen molar-refractivity contribution in [3.8, 4) is 12.3 Å². The third-order valence-electron chi connectivity index (χ3n) is 5.15. The maximum absolute atomic E-state index is 13.3. The van der Waals surface area contributed by atoms with Gasteiger partial charge in [0.05, 0.1) is 19.5 Å².